The molecule has 2 atom stereocenters. The van der Waals surface area contributed by atoms with Crippen LogP contribution in [-0.4, -0.2) is 38.5 Å². The monoisotopic (exact) mass is 556 g/mol. The SMILES string of the molecule is Cc1ccc(N(C2CCN(C3CCCCC3c3ccccc3)CC2)S(=O)(=O)c2ccc(Cl)c(Cl)c2)cc1. The van der Waals surface area contributed by atoms with Crippen LogP contribution >= 0.6 is 23.2 Å². The van der Waals surface area contributed by atoms with Crippen LogP contribution in [0.15, 0.2) is 77.7 Å². The van der Waals surface area contributed by atoms with Crippen molar-refractivity contribution in [3.8, 4) is 0 Å². The van der Waals surface area contributed by atoms with Crippen molar-refractivity contribution in [1.82, 2.24) is 4.90 Å². The van der Waals surface area contributed by atoms with Gasteiger partial charge in [0.1, 0.15) is 0 Å². The first-order valence-electron chi connectivity index (χ1n) is 13.2. The van der Waals surface area contributed by atoms with Gasteiger partial charge in [-0.2, -0.15) is 0 Å². The molecule has 1 saturated carbocycles. The second-order valence-corrected chi connectivity index (χ2v) is 13.0. The van der Waals surface area contributed by atoms with Crippen molar-refractivity contribution in [1.29, 1.82) is 0 Å². The molecule has 0 aromatic heterocycles. The molecule has 7 heteroatoms. The predicted octanol–water partition coefficient (Wildman–Crippen LogP) is 7.69. The number of piperidine rings is 1. The van der Waals surface area contributed by atoms with Gasteiger partial charge in [-0.3, -0.25) is 9.21 Å². The molecule has 5 rings (SSSR count). The Morgan fingerprint density at radius 1 is 0.811 bits per heavy atom. The normalized spacial score (nSPS) is 21.6. The van der Waals surface area contributed by atoms with Crippen LogP contribution in [0, 0.1) is 6.92 Å². The summed E-state index contributed by atoms with van der Waals surface area (Å²) in [6.45, 7) is 3.78. The van der Waals surface area contributed by atoms with Crippen LogP contribution in [0.3, 0.4) is 0 Å². The Morgan fingerprint density at radius 2 is 1.49 bits per heavy atom. The molecule has 0 N–H and O–H groups in total. The summed E-state index contributed by atoms with van der Waals surface area (Å²) in [6, 6.07) is 23.6. The second kappa shape index (κ2) is 11.4. The molecular weight excluding hydrogens is 523 g/mol. The summed E-state index contributed by atoms with van der Waals surface area (Å²) in [5.41, 5.74) is 3.21. The average Bonchev–Trinajstić information content (AvgIpc) is 2.92. The van der Waals surface area contributed by atoms with E-state index in [0.29, 0.717) is 22.7 Å². The van der Waals surface area contributed by atoms with Gasteiger partial charge in [0.2, 0.25) is 0 Å². The van der Waals surface area contributed by atoms with Gasteiger partial charge in [0, 0.05) is 25.2 Å². The highest BCUT2D eigenvalue weighted by Crippen LogP contribution is 2.39. The minimum absolute atomic E-state index is 0.128. The van der Waals surface area contributed by atoms with E-state index in [2.05, 4.69) is 35.2 Å². The minimum atomic E-state index is -3.83. The molecule has 2 fully saturated rings. The van der Waals surface area contributed by atoms with Crippen molar-refractivity contribution in [3.63, 3.8) is 0 Å². The van der Waals surface area contributed by atoms with E-state index < -0.39 is 10.0 Å². The zero-order chi connectivity index (χ0) is 26.0. The lowest BCUT2D eigenvalue weighted by Crippen LogP contribution is -2.51. The Balaban J connectivity index is 1.40. The fourth-order valence-electron chi connectivity index (χ4n) is 6.08. The van der Waals surface area contributed by atoms with Crippen LogP contribution in [0.5, 0.6) is 0 Å². The third-order valence-corrected chi connectivity index (χ3v) is 10.6. The van der Waals surface area contributed by atoms with E-state index in [-0.39, 0.29) is 16.0 Å². The molecule has 1 saturated heterocycles. The van der Waals surface area contributed by atoms with Crippen LogP contribution in [-0.2, 0) is 10.0 Å². The maximum Gasteiger partial charge on any atom is 0.264 e. The van der Waals surface area contributed by atoms with E-state index in [1.165, 1.54) is 37.3 Å². The molecule has 0 amide bonds. The van der Waals surface area contributed by atoms with E-state index in [1.54, 1.807) is 16.4 Å². The molecule has 2 unspecified atom stereocenters. The third-order valence-electron chi connectivity index (χ3n) is 7.99. The minimum Gasteiger partial charge on any atom is -0.300 e. The van der Waals surface area contributed by atoms with E-state index in [9.17, 15) is 8.42 Å². The van der Waals surface area contributed by atoms with Crippen molar-refractivity contribution in [2.24, 2.45) is 0 Å². The molecule has 0 bridgehead atoms. The standard InChI is InChI=1S/C30H34Cl2N2O2S/c1-22-11-13-24(14-12-22)34(37(35,36)26-15-16-28(31)29(32)21-26)25-17-19-33(20-18-25)30-10-6-5-9-27(30)23-7-3-2-4-8-23/h2-4,7-8,11-16,21,25,27,30H,5-6,9-10,17-20H2,1H3. The molecule has 1 heterocycles. The number of hydrogen-bond donors (Lipinski definition) is 0. The topological polar surface area (TPSA) is 40.6 Å². The van der Waals surface area contributed by atoms with Crippen LogP contribution in [0.25, 0.3) is 0 Å². The molecule has 37 heavy (non-hydrogen) atoms. The van der Waals surface area contributed by atoms with Crippen molar-refractivity contribution in [2.75, 3.05) is 17.4 Å². The van der Waals surface area contributed by atoms with Crippen LogP contribution in [0.4, 0.5) is 5.69 Å². The Labute approximate surface area is 231 Å². The van der Waals surface area contributed by atoms with Crippen molar-refractivity contribution in [3.05, 3.63) is 94.0 Å². The van der Waals surface area contributed by atoms with Crippen molar-refractivity contribution >= 4 is 38.9 Å². The largest absolute Gasteiger partial charge is 0.300 e. The summed E-state index contributed by atoms with van der Waals surface area (Å²) >= 11 is 12.3. The fraction of sp³-hybridized carbons (Fsp3) is 0.400. The Kier molecular flexibility index (Phi) is 8.16. The van der Waals surface area contributed by atoms with Crippen LogP contribution < -0.4 is 4.31 Å². The van der Waals surface area contributed by atoms with Gasteiger partial charge in [-0.25, -0.2) is 8.42 Å². The lowest BCUT2D eigenvalue weighted by molar-refractivity contribution is 0.107. The van der Waals surface area contributed by atoms with Gasteiger partial charge in [0.05, 0.1) is 20.6 Å². The number of halogens is 2. The molecule has 0 radical (unpaired) electrons. The molecule has 3 aromatic carbocycles. The molecule has 1 aliphatic heterocycles. The Bertz CT molecular complexity index is 1310. The number of rotatable bonds is 6. The van der Waals surface area contributed by atoms with Gasteiger partial charge in [-0.15, -0.1) is 0 Å². The molecular formula is C30H34Cl2N2O2S. The van der Waals surface area contributed by atoms with Gasteiger partial charge in [-0.05, 0) is 74.4 Å². The van der Waals surface area contributed by atoms with Gasteiger partial charge in [0.15, 0.2) is 0 Å². The summed E-state index contributed by atoms with van der Waals surface area (Å²) < 4.78 is 29.6. The summed E-state index contributed by atoms with van der Waals surface area (Å²) in [7, 11) is -3.83. The number of likely N-dealkylation sites (tertiary alicyclic amines) is 1. The number of aryl methyl sites for hydroxylation is 1. The lowest BCUT2D eigenvalue weighted by Gasteiger charge is -2.45. The first kappa shape index (κ1) is 26.6. The molecule has 3 aromatic rings. The maximum atomic E-state index is 14.0. The van der Waals surface area contributed by atoms with Crippen molar-refractivity contribution < 1.29 is 8.42 Å². The highest BCUT2D eigenvalue weighted by atomic mass is 35.5. The summed E-state index contributed by atoms with van der Waals surface area (Å²) in [6.07, 6.45) is 6.52. The molecule has 2 aliphatic rings. The zero-order valence-electron chi connectivity index (χ0n) is 21.2. The maximum absolute atomic E-state index is 14.0. The lowest BCUT2D eigenvalue weighted by atomic mass is 9.78. The molecule has 196 valence electrons. The van der Waals surface area contributed by atoms with Crippen molar-refractivity contribution in [2.45, 2.75) is 68.3 Å². The summed E-state index contributed by atoms with van der Waals surface area (Å²) in [5, 5.41) is 0.585. The van der Waals surface area contributed by atoms with Gasteiger partial charge >= 0.3 is 0 Å². The van der Waals surface area contributed by atoms with Gasteiger partial charge in [0.25, 0.3) is 10.0 Å². The third kappa shape index (κ3) is 5.70. The van der Waals surface area contributed by atoms with Gasteiger partial charge < -0.3 is 0 Å². The average molecular weight is 558 g/mol. The fourth-order valence-corrected chi connectivity index (χ4v) is 8.18. The summed E-state index contributed by atoms with van der Waals surface area (Å²) in [4.78, 5) is 2.79. The second-order valence-electron chi connectivity index (χ2n) is 10.3. The molecule has 4 nitrogen and oxygen atoms in total. The van der Waals surface area contributed by atoms with E-state index in [4.69, 9.17) is 23.2 Å². The molecule has 0 spiro atoms. The van der Waals surface area contributed by atoms with E-state index in [1.807, 2.05) is 31.2 Å². The number of nitrogens with zero attached hydrogens (tertiary/aromatic N) is 2. The van der Waals surface area contributed by atoms with E-state index in [0.717, 1.165) is 31.5 Å². The first-order valence-corrected chi connectivity index (χ1v) is 15.4. The number of sulfonamides is 1. The molecule has 1 aliphatic carbocycles. The highest BCUT2D eigenvalue weighted by molar-refractivity contribution is 7.92. The van der Waals surface area contributed by atoms with E-state index >= 15 is 0 Å². The number of anilines is 1. The Morgan fingerprint density at radius 3 is 2.16 bits per heavy atom. The Hall–Kier alpha value is -2.05. The predicted molar refractivity (Wildman–Crippen MR) is 153 cm³/mol. The number of benzene rings is 3. The zero-order valence-corrected chi connectivity index (χ0v) is 23.5. The summed E-state index contributed by atoms with van der Waals surface area (Å²) in [5.74, 6) is 0.541. The quantitative estimate of drug-likeness (QED) is 0.312. The smallest absolute Gasteiger partial charge is 0.264 e. The van der Waals surface area contributed by atoms with Gasteiger partial charge in [-0.1, -0.05) is 84.1 Å². The van der Waals surface area contributed by atoms with Crippen LogP contribution in [0.1, 0.15) is 55.6 Å². The number of hydrogen-bond acceptors (Lipinski definition) is 3. The highest BCUT2D eigenvalue weighted by Gasteiger charge is 2.38. The van der Waals surface area contributed by atoms with Crippen LogP contribution in [0.2, 0.25) is 10.0 Å². The first-order chi connectivity index (χ1) is 17.8.